The van der Waals surface area contributed by atoms with Crippen LogP contribution in [0.1, 0.15) is 24.5 Å². The van der Waals surface area contributed by atoms with Gasteiger partial charge in [-0.1, -0.05) is 48.5 Å². The van der Waals surface area contributed by atoms with Crippen molar-refractivity contribution in [2.45, 2.75) is 37.5 Å². The van der Waals surface area contributed by atoms with E-state index >= 15 is 0 Å². The van der Waals surface area contributed by atoms with Crippen LogP contribution in [0.15, 0.2) is 59.2 Å². The summed E-state index contributed by atoms with van der Waals surface area (Å²) in [5.74, 6) is -0.0208. The molecule has 0 fully saturated rings. The van der Waals surface area contributed by atoms with Crippen LogP contribution in [0, 0.1) is 13.8 Å². The number of nitrogens with one attached hydrogen (secondary N) is 1. The lowest BCUT2D eigenvalue weighted by molar-refractivity contribution is -0.115. The van der Waals surface area contributed by atoms with Gasteiger partial charge in [0.05, 0.1) is 10.6 Å². The molecule has 2 aromatic heterocycles. The summed E-state index contributed by atoms with van der Waals surface area (Å²) in [4.78, 5) is 22.9. The van der Waals surface area contributed by atoms with Crippen molar-refractivity contribution in [3.63, 3.8) is 0 Å². The van der Waals surface area contributed by atoms with Crippen molar-refractivity contribution in [3.05, 3.63) is 70.3 Å². The van der Waals surface area contributed by atoms with Crippen LogP contribution in [-0.4, -0.2) is 21.1 Å². The molecule has 1 amide bonds. The van der Waals surface area contributed by atoms with E-state index in [1.807, 2.05) is 57.2 Å². The molecular weight excluding hydrogens is 446 g/mol. The minimum atomic E-state index is -0.267. The average Bonchev–Trinajstić information content (AvgIpc) is 3.16. The van der Waals surface area contributed by atoms with Crippen LogP contribution < -0.4 is 5.32 Å². The molecule has 0 spiro atoms. The highest BCUT2D eigenvalue weighted by atomic mass is 35.5. The van der Waals surface area contributed by atoms with E-state index in [0.717, 1.165) is 43.2 Å². The van der Waals surface area contributed by atoms with Crippen LogP contribution >= 0.6 is 34.7 Å². The van der Waals surface area contributed by atoms with E-state index in [1.165, 1.54) is 11.8 Å². The topological polar surface area (TPSA) is 54.9 Å². The van der Waals surface area contributed by atoms with Crippen LogP contribution in [0.3, 0.4) is 0 Å². The Bertz CT molecular complexity index is 1220. The van der Waals surface area contributed by atoms with E-state index < -0.39 is 0 Å². The maximum atomic E-state index is 13.0. The van der Waals surface area contributed by atoms with E-state index in [9.17, 15) is 4.79 Å². The minimum Gasteiger partial charge on any atom is -0.325 e. The summed E-state index contributed by atoms with van der Waals surface area (Å²) in [5.41, 5.74) is 5.19. The molecule has 4 rings (SSSR count). The first-order valence-electron chi connectivity index (χ1n) is 9.98. The average molecular weight is 468 g/mol. The molecule has 31 heavy (non-hydrogen) atoms. The number of carbonyl (C=O) groups excluding carboxylic acids is 1. The van der Waals surface area contributed by atoms with E-state index in [0.29, 0.717) is 11.4 Å². The number of thioether (sulfide) groups is 1. The summed E-state index contributed by atoms with van der Waals surface area (Å²) < 4.78 is 0. The van der Waals surface area contributed by atoms with Gasteiger partial charge in [0.25, 0.3) is 0 Å². The van der Waals surface area contributed by atoms with Crippen molar-refractivity contribution in [1.29, 1.82) is 0 Å². The highest BCUT2D eigenvalue weighted by Crippen LogP contribution is 2.39. The van der Waals surface area contributed by atoms with Crippen molar-refractivity contribution in [3.8, 4) is 11.1 Å². The monoisotopic (exact) mass is 467 g/mol. The molecule has 0 aliphatic carbocycles. The van der Waals surface area contributed by atoms with Gasteiger partial charge >= 0.3 is 0 Å². The molecule has 2 heterocycles. The molecule has 0 aliphatic rings. The first kappa shape index (κ1) is 21.8. The zero-order valence-corrected chi connectivity index (χ0v) is 19.9. The van der Waals surface area contributed by atoms with Gasteiger partial charge in [0, 0.05) is 21.7 Å². The van der Waals surface area contributed by atoms with Gasteiger partial charge in [-0.15, -0.1) is 11.3 Å². The fraction of sp³-hybridized carbons (Fsp3) is 0.208. The molecule has 0 radical (unpaired) electrons. The molecule has 4 nitrogen and oxygen atoms in total. The number of hydrogen-bond donors (Lipinski definition) is 1. The van der Waals surface area contributed by atoms with Gasteiger partial charge in [-0.2, -0.15) is 0 Å². The Morgan fingerprint density at radius 3 is 2.52 bits per heavy atom. The largest absolute Gasteiger partial charge is 0.325 e. The van der Waals surface area contributed by atoms with Crippen LogP contribution in [0.4, 0.5) is 5.69 Å². The fourth-order valence-corrected chi connectivity index (χ4v) is 5.65. The third-order valence-electron chi connectivity index (χ3n) is 4.90. The van der Waals surface area contributed by atoms with Crippen molar-refractivity contribution in [2.75, 3.05) is 5.32 Å². The first-order valence-corrected chi connectivity index (χ1v) is 12.1. The normalized spacial score (nSPS) is 12.1. The Labute approximate surface area is 195 Å². The number of thiophene rings is 1. The SMILES string of the molecule is CCC(Sc1ncnc2scc(-c3ccc(Cl)cc3)c12)C(=O)Nc1cc(C)cc(C)c1. The zero-order valence-electron chi connectivity index (χ0n) is 17.5. The fourth-order valence-electron chi connectivity index (χ4n) is 3.51. The van der Waals surface area contributed by atoms with E-state index in [-0.39, 0.29) is 11.2 Å². The Morgan fingerprint density at radius 1 is 1.13 bits per heavy atom. The number of nitrogens with zero attached hydrogens (tertiary/aromatic N) is 2. The molecule has 7 heteroatoms. The Hall–Kier alpha value is -2.41. The van der Waals surface area contributed by atoms with Gasteiger partial charge in [0.2, 0.25) is 5.91 Å². The predicted molar refractivity (Wildman–Crippen MR) is 132 cm³/mol. The zero-order chi connectivity index (χ0) is 22.0. The van der Waals surface area contributed by atoms with Crippen molar-refractivity contribution in [1.82, 2.24) is 9.97 Å². The molecule has 4 aromatic rings. The Kier molecular flexibility index (Phi) is 6.60. The van der Waals surface area contributed by atoms with Gasteiger partial charge in [-0.05, 0) is 61.2 Å². The number of aryl methyl sites for hydroxylation is 2. The lowest BCUT2D eigenvalue weighted by Crippen LogP contribution is -2.24. The summed E-state index contributed by atoms with van der Waals surface area (Å²) >= 11 is 9.13. The third-order valence-corrected chi connectivity index (χ3v) is 7.40. The number of aromatic nitrogens is 2. The number of fused-ring (bicyclic) bond motifs is 1. The summed E-state index contributed by atoms with van der Waals surface area (Å²) in [5, 5.41) is 7.39. The third kappa shape index (κ3) is 4.92. The molecule has 0 saturated carbocycles. The van der Waals surface area contributed by atoms with Crippen molar-refractivity contribution in [2.24, 2.45) is 0 Å². The summed E-state index contributed by atoms with van der Waals surface area (Å²) in [7, 11) is 0. The molecule has 0 aliphatic heterocycles. The predicted octanol–water partition coefficient (Wildman–Crippen LogP) is 7.14. The maximum Gasteiger partial charge on any atom is 0.237 e. The van der Waals surface area contributed by atoms with Gasteiger partial charge < -0.3 is 5.32 Å². The van der Waals surface area contributed by atoms with Crippen molar-refractivity contribution < 1.29 is 4.79 Å². The second-order valence-electron chi connectivity index (χ2n) is 7.40. The number of halogens is 1. The van der Waals surface area contributed by atoms with Crippen LogP contribution in [0.5, 0.6) is 0 Å². The Balaban J connectivity index is 1.64. The Morgan fingerprint density at radius 2 is 1.84 bits per heavy atom. The standard InChI is InChI=1S/C24H22ClN3OS2/c1-4-20(22(29)28-18-10-14(2)9-15(3)11-18)31-24-21-19(12-30-23(21)26-13-27-24)16-5-7-17(25)8-6-16/h5-13,20H,4H2,1-3H3,(H,28,29). The summed E-state index contributed by atoms with van der Waals surface area (Å²) in [6, 6.07) is 13.8. The second kappa shape index (κ2) is 9.39. The molecule has 1 N–H and O–H groups in total. The summed E-state index contributed by atoms with van der Waals surface area (Å²) in [6.07, 6.45) is 2.26. The van der Waals surface area contributed by atoms with Crippen molar-refractivity contribution >= 4 is 56.5 Å². The molecule has 0 saturated heterocycles. The van der Waals surface area contributed by atoms with Crippen LogP contribution in [0.25, 0.3) is 21.3 Å². The van der Waals surface area contributed by atoms with Gasteiger partial charge in [-0.3, -0.25) is 4.79 Å². The maximum absolute atomic E-state index is 13.0. The molecule has 0 bridgehead atoms. The van der Waals surface area contributed by atoms with E-state index in [2.05, 4.69) is 26.7 Å². The molecule has 1 unspecified atom stereocenters. The number of rotatable bonds is 6. The quantitative estimate of drug-likeness (QED) is 0.242. The second-order valence-corrected chi connectivity index (χ2v) is 9.88. The van der Waals surface area contributed by atoms with Crippen LogP contribution in [0.2, 0.25) is 5.02 Å². The molecule has 158 valence electrons. The lowest BCUT2D eigenvalue weighted by Gasteiger charge is -2.16. The van der Waals surface area contributed by atoms with Crippen LogP contribution in [-0.2, 0) is 4.79 Å². The lowest BCUT2D eigenvalue weighted by atomic mass is 10.1. The number of benzene rings is 2. The first-order chi connectivity index (χ1) is 14.9. The van der Waals surface area contributed by atoms with E-state index in [4.69, 9.17) is 11.6 Å². The minimum absolute atomic E-state index is 0.0208. The number of anilines is 1. The van der Waals surface area contributed by atoms with Gasteiger partial charge in [0.15, 0.2) is 0 Å². The smallest absolute Gasteiger partial charge is 0.237 e. The molecule has 1 atom stereocenters. The van der Waals surface area contributed by atoms with Gasteiger partial charge in [0.1, 0.15) is 16.2 Å². The number of carbonyl (C=O) groups is 1. The highest BCUT2D eigenvalue weighted by molar-refractivity contribution is 8.00. The number of hydrogen-bond acceptors (Lipinski definition) is 5. The van der Waals surface area contributed by atoms with E-state index in [1.54, 1.807) is 17.7 Å². The molecule has 2 aromatic carbocycles. The highest BCUT2D eigenvalue weighted by Gasteiger charge is 2.22. The molecular formula is C24H22ClN3OS2. The summed E-state index contributed by atoms with van der Waals surface area (Å²) in [6.45, 7) is 6.08. The number of amides is 1. The van der Waals surface area contributed by atoms with Gasteiger partial charge in [-0.25, -0.2) is 9.97 Å².